The van der Waals surface area contributed by atoms with Gasteiger partial charge in [-0.3, -0.25) is 29.0 Å². The van der Waals surface area contributed by atoms with E-state index in [2.05, 4.69) is 0 Å². The van der Waals surface area contributed by atoms with Gasteiger partial charge in [-0.05, 0) is 74.2 Å². The number of carbonyl (C=O) groups excluding carboxylic acids is 4. The molecule has 8 heteroatoms. The molecule has 2 aromatic rings. The van der Waals surface area contributed by atoms with Crippen LogP contribution < -0.4 is 9.80 Å². The largest absolute Gasteiger partial charge is 0.289 e. The van der Waals surface area contributed by atoms with E-state index in [1.807, 2.05) is 73.9 Å². The third-order valence-electron chi connectivity index (χ3n) is 7.41. The van der Waals surface area contributed by atoms with Crippen molar-refractivity contribution in [2.45, 2.75) is 52.6 Å². The van der Waals surface area contributed by atoms with Crippen LogP contribution in [0, 0.1) is 27.7 Å². The zero-order valence-corrected chi connectivity index (χ0v) is 21.3. The highest BCUT2D eigenvalue weighted by molar-refractivity contribution is 6.23. The van der Waals surface area contributed by atoms with Crippen LogP contribution in [0.25, 0.3) is 0 Å². The Balaban J connectivity index is 1.25. The molecule has 36 heavy (non-hydrogen) atoms. The molecule has 3 saturated heterocycles. The van der Waals surface area contributed by atoms with E-state index in [4.69, 9.17) is 0 Å². The Labute approximate surface area is 211 Å². The van der Waals surface area contributed by atoms with Crippen molar-refractivity contribution in [2.24, 2.45) is 0 Å². The molecular formula is C28H32N4O4. The fourth-order valence-corrected chi connectivity index (χ4v) is 5.87. The normalized spacial score (nSPS) is 23.9. The maximum Gasteiger partial charge on any atom is 0.251 e. The highest BCUT2D eigenvalue weighted by Gasteiger charge is 2.46. The molecule has 0 N–H and O–H groups in total. The van der Waals surface area contributed by atoms with E-state index in [-0.39, 0.29) is 36.5 Å². The fraction of sp³-hybridized carbons (Fsp3) is 0.429. The standard InChI is InChI=1S/C28H32N4O4/c1-17-9-18(2)12-21(11-17)31-25(33)15-23(27(31)35)29-5-7-30(8-6-29)24-16-26(34)32(28(24)36)22-13-19(3)10-20(4)14-22/h9-14,23-24H,5-8,15-16H2,1-4H3/t23-,24+. The van der Waals surface area contributed by atoms with Gasteiger partial charge in [-0.25, -0.2) is 9.80 Å². The number of imide groups is 2. The minimum atomic E-state index is -0.492. The van der Waals surface area contributed by atoms with Gasteiger partial charge in [-0.15, -0.1) is 0 Å². The van der Waals surface area contributed by atoms with Gasteiger partial charge in [0, 0.05) is 26.2 Å². The van der Waals surface area contributed by atoms with E-state index in [9.17, 15) is 19.2 Å². The van der Waals surface area contributed by atoms with Crippen LogP contribution in [-0.4, -0.2) is 71.7 Å². The van der Waals surface area contributed by atoms with Gasteiger partial charge in [-0.1, -0.05) is 12.1 Å². The lowest BCUT2D eigenvalue weighted by atomic mass is 10.1. The van der Waals surface area contributed by atoms with E-state index in [0.29, 0.717) is 37.6 Å². The van der Waals surface area contributed by atoms with Crippen LogP contribution in [0.15, 0.2) is 36.4 Å². The second-order valence-electron chi connectivity index (χ2n) is 10.3. The zero-order chi connectivity index (χ0) is 25.7. The van der Waals surface area contributed by atoms with Crippen molar-refractivity contribution in [1.29, 1.82) is 0 Å². The maximum atomic E-state index is 13.3. The molecule has 3 aliphatic rings. The molecule has 3 aliphatic heterocycles. The zero-order valence-electron chi connectivity index (χ0n) is 21.3. The molecule has 0 unspecified atom stereocenters. The maximum absolute atomic E-state index is 13.3. The summed E-state index contributed by atoms with van der Waals surface area (Å²) in [4.78, 5) is 58.9. The van der Waals surface area contributed by atoms with E-state index < -0.39 is 12.1 Å². The van der Waals surface area contributed by atoms with Crippen molar-refractivity contribution in [2.75, 3.05) is 36.0 Å². The molecule has 0 bridgehead atoms. The number of aryl methyl sites for hydroxylation is 4. The topological polar surface area (TPSA) is 81.2 Å². The third-order valence-corrected chi connectivity index (χ3v) is 7.41. The Bertz CT molecular complexity index is 1130. The molecule has 4 amide bonds. The van der Waals surface area contributed by atoms with Crippen LogP contribution >= 0.6 is 0 Å². The summed E-state index contributed by atoms with van der Waals surface area (Å²) in [7, 11) is 0. The Hall–Kier alpha value is -3.36. The Morgan fingerprint density at radius 3 is 1.14 bits per heavy atom. The molecule has 2 atom stereocenters. The van der Waals surface area contributed by atoms with Crippen LogP contribution in [0.1, 0.15) is 35.1 Å². The van der Waals surface area contributed by atoms with Crippen LogP contribution in [0.2, 0.25) is 0 Å². The molecule has 188 valence electrons. The van der Waals surface area contributed by atoms with Crippen molar-refractivity contribution in [3.63, 3.8) is 0 Å². The number of carbonyl (C=O) groups is 4. The first-order chi connectivity index (χ1) is 17.1. The van der Waals surface area contributed by atoms with Crippen LogP contribution in [0.5, 0.6) is 0 Å². The van der Waals surface area contributed by atoms with E-state index in [0.717, 1.165) is 22.3 Å². The van der Waals surface area contributed by atoms with Gasteiger partial charge in [-0.2, -0.15) is 0 Å². The number of benzene rings is 2. The van der Waals surface area contributed by atoms with Crippen molar-refractivity contribution in [3.05, 3.63) is 58.7 Å². The monoisotopic (exact) mass is 488 g/mol. The first kappa shape index (κ1) is 24.3. The molecule has 0 radical (unpaired) electrons. The summed E-state index contributed by atoms with van der Waals surface area (Å²) in [5.41, 5.74) is 5.29. The summed E-state index contributed by atoms with van der Waals surface area (Å²) in [5.74, 6) is -0.741. The number of nitrogens with zero attached hydrogens (tertiary/aromatic N) is 4. The molecule has 3 heterocycles. The van der Waals surface area contributed by atoms with Crippen LogP contribution in [-0.2, 0) is 19.2 Å². The average Bonchev–Trinajstić information content (AvgIpc) is 3.26. The summed E-state index contributed by atoms with van der Waals surface area (Å²) in [6, 6.07) is 10.5. The molecule has 5 rings (SSSR count). The second-order valence-corrected chi connectivity index (χ2v) is 10.3. The minimum Gasteiger partial charge on any atom is -0.289 e. The lowest BCUT2D eigenvalue weighted by molar-refractivity contribution is -0.126. The first-order valence-electron chi connectivity index (χ1n) is 12.5. The highest BCUT2D eigenvalue weighted by atomic mass is 16.2. The van der Waals surface area contributed by atoms with Crippen molar-refractivity contribution < 1.29 is 19.2 Å². The molecule has 0 saturated carbocycles. The Morgan fingerprint density at radius 1 is 0.528 bits per heavy atom. The summed E-state index contributed by atoms with van der Waals surface area (Å²) in [6.07, 6.45) is 0.320. The van der Waals surface area contributed by atoms with Gasteiger partial charge >= 0.3 is 0 Å². The molecule has 0 aliphatic carbocycles. The predicted octanol–water partition coefficient (Wildman–Crippen LogP) is 2.50. The molecule has 3 fully saturated rings. The number of anilines is 2. The summed E-state index contributed by atoms with van der Waals surface area (Å²) in [6.45, 7) is 10.1. The number of amides is 4. The molecule has 8 nitrogen and oxygen atoms in total. The average molecular weight is 489 g/mol. The quantitative estimate of drug-likeness (QED) is 0.616. The van der Waals surface area contributed by atoms with Crippen LogP contribution in [0.4, 0.5) is 11.4 Å². The highest BCUT2D eigenvalue weighted by Crippen LogP contribution is 2.30. The number of hydrogen-bond acceptors (Lipinski definition) is 6. The second kappa shape index (κ2) is 9.26. The number of piperazine rings is 1. The van der Waals surface area contributed by atoms with Crippen LogP contribution in [0.3, 0.4) is 0 Å². The van der Waals surface area contributed by atoms with Gasteiger partial charge in [0.05, 0.1) is 36.3 Å². The lowest BCUT2D eigenvalue weighted by Gasteiger charge is -2.38. The molecule has 0 aromatic heterocycles. The van der Waals surface area contributed by atoms with Crippen molar-refractivity contribution >= 4 is 35.0 Å². The summed E-state index contributed by atoms with van der Waals surface area (Å²) < 4.78 is 0. The van der Waals surface area contributed by atoms with E-state index in [1.165, 1.54) is 9.80 Å². The Morgan fingerprint density at radius 2 is 0.833 bits per heavy atom. The molecular weight excluding hydrogens is 456 g/mol. The third kappa shape index (κ3) is 4.35. The lowest BCUT2D eigenvalue weighted by Crippen LogP contribution is -2.56. The SMILES string of the molecule is Cc1cc(C)cc(N2C(=O)C[C@@H](N3CCN([C@H]4CC(=O)N(c5cc(C)cc(C)c5)C4=O)CC3)C2=O)c1. The number of hydrogen-bond donors (Lipinski definition) is 0. The van der Waals surface area contributed by atoms with Crippen molar-refractivity contribution in [1.82, 2.24) is 9.80 Å². The van der Waals surface area contributed by atoms with Gasteiger partial charge < -0.3 is 0 Å². The predicted molar refractivity (Wildman–Crippen MR) is 137 cm³/mol. The Kier molecular flexibility index (Phi) is 6.26. The summed E-state index contributed by atoms with van der Waals surface area (Å²) >= 11 is 0. The number of rotatable bonds is 4. The first-order valence-corrected chi connectivity index (χ1v) is 12.5. The minimum absolute atomic E-state index is 0.160. The van der Waals surface area contributed by atoms with Gasteiger partial charge in [0.1, 0.15) is 0 Å². The van der Waals surface area contributed by atoms with Crippen molar-refractivity contribution in [3.8, 4) is 0 Å². The molecule has 0 spiro atoms. The fourth-order valence-electron chi connectivity index (χ4n) is 5.87. The smallest absolute Gasteiger partial charge is 0.251 e. The van der Waals surface area contributed by atoms with Gasteiger partial charge in [0.25, 0.3) is 11.8 Å². The van der Waals surface area contributed by atoms with E-state index >= 15 is 0 Å². The summed E-state index contributed by atoms with van der Waals surface area (Å²) in [5, 5.41) is 0. The van der Waals surface area contributed by atoms with E-state index in [1.54, 1.807) is 0 Å². The van der Waals surface area contributed by atoms with Gasteiger partial charge in [0.15, 0.2) is 0 Å². The molecule has 2 aromatic carbocycles. The van der Waals surface area contributed by atoms with Gasteiger partial charge in [0.2, 0.25) is 11.8 Å².